The Morgan fingerprint density at radius 2 is 1.87 bits per heavy atom. The Kier molecular flexibility index (Phi) is 13.4. The van der Waals surface area contributed by atoms with E-state index in [-0.39, 0.29) is 29.6 Å². The average molecular weight is 224 g/mol. The summed E-state index contributed by atoms with van der Waals surface area (Å²) in [5, 5.41) is 8.21. The van der Waals surface area contributed by atoms with E-state index in [1.54, 1.807) is 0 Å². The first kappa shape index (κ1) is 17.1. The van der Waals surface area contributed by atoms with Crippen molar-refractivity contribution in [1.29, 1.82) is 0 Å². The van der Waals surface area contributed by atoms with Crippen LogP contribution in [0, 0.1) is 0 Å². The molecule has 4 nitrogen and oxygen atoms in total. The summed E-state index contributed by atoms with van der Waals surface area (Å²) >= 11 is 0. The minimum absolute atomic E-state index is 0. The van der Waals surface area contributed by atoms with Crippen LogP contribution in [0.25, 0.3) is 0 Å². The maximum atomic E-state index is 10.8. The van der Waals surface area contributed by atoms with Crippen LogP contribution in [-0.2, 0) is 14.3 Å². The van der Waals surface area contributed by atoms with Crippen molar-refractivity contribution in [3.05, 3.63) is 12.2 Å². The number of ether oxygens (including phenoxy) is 1. The molecule has 0 aromatic rings. The van der Waals surface area contributed by atoms with Crippen LogP contribution < -0.4 is 0 Å². The van der Waals surface area contributed by atoms with Gasteiger partial charge in [0.2, 0.25) is 0 Å². The van der Waals surface area contributed by atoms with Gasteiger partial charge in [0.15, 0.2) is 0 Å². The van der Waals surface area contributed by atoms with Crippen molar-refractivity contribution >= 4 is 41.5 Å². The fourth-order valence-electron chi connectivity index (χ4n) is 0.889. The molecule has 0 heterocycles. The summed E-state index contributed by atoms with van der Waals surface area (Å²) in [6.07, 6.45) is 5.82. The zero-order chi connectivity index (χ0) is 10.8. The van der Waals surface area contributed by atoms with Crippen molar-refractivity contribution in [2.75, 3.05) is 6.61 Å². The van der Waals surface area contributed by atoms with Crippen LogP contribution in [0.4, 0.5) is 0 Å². The molecule has 0 amide bonds. The number of esters is 1. The van der Waals surface area contributed by atoms with Gasteiger partial charge in [-0.25, -0.2) is 9.59 Å². The molecule has 0 aromatic carbocycles. The number of unbranched alkanes of at least 4 members (excludes halogenated alkanes) is 3. The van der Waals surface area contributed by atoms with Gasteiger partial charge in [0.1, 0.15) is 0 Å². The first-order chi connectivity index (χ1) is 6.66. The molecule has 0 unspecified atom stereocenters. The summed E-state index contributed by atoms with van der Waals surface area (Å²) in [5.74, 6) is -1.74. The Bertz CT molecular complexity index is 213. The molecule has 0 radical (unpaired) electrons. The SMILES string of the molecule is CCCCCCOC(=O)/C=C\C(=O)O.[NaH]. The van der Waals surface area contributed by atoms with Crippen molar-refractivity contribution in [3.8, 4) is 0 Å². The first-order valence-corrected chi connectivity index (χ1v) is 4.74. The molecule has 82 valence electrons. The van der Waals surface area contributed by atoms with E-state index in [1.807, 2.05) is 0 Å². The van der Waals surface area contributed by atoms with E-state index in [2.05, 4.69) is 6.92 Å². The molecule has 0 bridgehead atoms. The number of hydrogen-bond donors (Lipinski definition) is 1. The van der Waals surface area contributed by atoms with E-state index < -0.39 is 11.9 Å². The van der Waals surface area contributed by atoms with Gasteiger partial charge in [0.25, 0.3) is 0 Å². The Morgan fingerprint density at radius 3 is 2.40 bits per heavy atom. The summed E-state index contributed by atoms with van der Waals surface area (Å²) in [6.45, 7) is 2.46. The fourth-order valence-corrected chi connectivity index (χ4v) is 0.889. The molecule has 0 saturated heterocycles. The van der Waals surface area contributed by atoms with Crippen LogP contribution in [0.5, 0.6) is 0 Å². The predicted octanol–water partition coefficient (Wildman–Crippen LogP) is 1.10. The molecule has 0 aliphatic carbocycles. The van der Waals surface area contributed by atoms with Crippen molar-refractivity contribution in [2.24, 2.45) is 0 Å². The van der Waals surface area contributed by atoms with E-state index in [0.29, 0.717) is 6.61 Å². The molecular formula is C10H17NaO4. The molecule has 0 aliphatic heterocycles. The van der Waals surface area contributed by atoms with Gasteiger partial charge in [-0.3, -0.25) is 0 Å². The molecular weight excluding hydrogens is 207 g/mol. The summed E-state index contributed by atoms with van der Waals surface area (Å²) in [7, 11) is 0. The topological polar surface area (TPSA) is 63.6 Å². The zero-order valence-corrected chi connectivity index (χ0v) is 8.36. The van der Waals surface area contributed by atoms with E-state index in [4.69, 9.17) is 9.84 Å². The van der Waals surface area contributed by atoms with Gasteiger partial charge in [0.05, 0.1) is 6.61 Å². The number of carboxylic acids is 1. The Labute approximate surface area is 112 Å². The third kappa shape index (κ3) is 13.7. The molecule has 0 spiro atoms. The molecule has 0 saturated carbocycles. The van der Waals surface area contributed by atoms with Gasteiger partial charge in [-0.05, 0) is 6.42 Å². The number of rotatable bonds is 7. The van der Waals surface area contributed by atoms with Crippen LogP contribution in [-0.4, -0.2) is 53.2 Å². The number of carboxylic acid groups (broad SMARTS) is 1. The molecule has 1 N–H and O–H groups in total. The molecule has 0 atom stereocenters. The molecule has 0 fully saturated rings. The molecule has 0 aliphatic rings. The van der Waals surface area contributed by atoms with Crippen LogP contribution >= 0.6 is 0 Å². The second-order valence-electron chi connectivity index (χ2n) is 2.90. The fraction of sp³-hybridized carbons (Fsp3) is 0.600. The van der Waals surface area contributed by atoms with Crippen molar-refractivity contribution < 1.29 is 19.4 Å². The predicted molar refractivity (Wildman–Crippen MR) is 59.0 cm³/mol. The molecule has 15 heavy (non-hydrogen) atoms. The second kappa shape index (κ2) is 11.8. The summed E-state index contributed by atoms with van der Waals surface area (Å²) in [6, 6.07) is 0. The summed E-state index contributed by atoms with van der Waals surface area (Å²) in [5.41, 5.74) is 0. The van der Waals surface area contributed by atoms with E-state index in [0.717, 1.165) is 37.8 Å². The van der Waals surface area contributed by atoms with E-state index in [1.165, 1.54) is 0 Å². The van der Waals surface area contributed by atoms with Gasteiger partial charge in [-0.15, -0.1) is 0 Å². The first-order valence-electron chi connectivity index (χ1n) is 4.74. The monoisotopic (exact) mass is 224 g/mol. The third-order valence-corrected chi connectivity index (χ3v) is 1.60. The van der Waals surface area contributed by atoms with Gasteiger partial charge < -0.3 is 9.84 Å². The number of carbonyl (C=O) groups excluding carboxylic acids is 1. The van der Waals surface area contributed by atoms with Crippen LogP contribution in [0.2, 0.25) is 0 Å². The minimum atomic E-state index is -1.15. The zero-order valence-electron chi connectivity index (χ0n) is 8.36. The Balaban J connectivity index is 0. The van der Waals surface area contributed by atoms with Crippen molar-refractivity contribution in [2.45, 2.75) is 32.6 Å². The normalized spacial score (nSPS) is 9.67. The van der Waals surface area contributed by atoms with E-state index in [9.17, 15) is 9.59 Å². The van der Waals surface area contributed by atoms with Crippen molar-refractivity contribution in [1.82, 2.24) is 0 Å². The standard InChI is InChI=1S/C10H16O4.Na.H/c1-2-3-4-5-8-14-10(13)7-6-9(11)12;;/h6-7H,2-5,8H2,1H3,(H,11,12);;/b7-6-;;. The molecule has 0 rings (SSSR count). The maximum absolute atomic E-state index is 10.8. The van der Waals surface area contributed by atoms with Gasteiger partial charge >= 0.3 is 41.5 Å². The Hall–Kier alpha value is -0.320. The summed E-state index contributed by atoms with van der Waals surface area (Å²) in [4.78, 5) is 20.8. The second-order valence-corrected chi connectivity index (χ2v) is 2.90. The number of aliphatic carboxylic acids is 1. The van der Waals surface area contributed by atoms with Crippen molar-refractivity contribution in [3.63, 3.8) is 0 Å². The quantitative estimate of drug-likeness (QED) is 0.304. The third-order valence-electron chi connectivity index (χ3n) is 1.60. The van der Waals surface area contributed by atoms with Gasteiger partial charge in [-0.2, -0.15) is 0 Å². The Morgan fingerprint density at radius 1 is 1.20 bits per heavy atom. The van der Waals surface area contributed by atoms with Crippen LogP contribution in [0.15, 0.2) is 12.2 Å². The van der Waals surface area contributed by atoms with Crippen LogP contribution in [0.3, 0.4) is 0 Å². The summed E-state index contributed by atoms with van der Waals surface area (Å²) < 4.78 is 4.75. The van der Waals surface area contributed by atoms with E-state index >= 15 is 0 Å². The van der Waals surface area contributed by atoms with Gasteiger partial charge in [0, 0.05) is 12.2 Å². The van der Waals surface area contributed by atoms with Crippen LogP contribution in [0.1, 0.15) is 32.6 Å². The molecule has 5 heteroatoms. The number of hydrogen-bond acceptors (Lipinski definition) is 3. The van der Waals surface area contributed by atoms with Gasteiger partial charge in [-0.1, -0.05) is 26.2 Å². The average Bonchev–Trinajstić information content (AvgIpc) is 2.14. The number of carbonyl (C=O) groups is 2. The molecule has 0 aromatic heterocycles.